The Morgan fingerprint density at radius 1 is 1.39 bits per heavy atom. The molecule has 120 valence electrons. The molecule has 0 spiro atoms. The molecule has 1 aromatic heterocycles. The van der Waals surface area contributed by atoms with Gasteiger partial charge in [0.2, 0.25) is 5.91 Å². The molecule has 3 rings (SSSR count). The van der Waals surface area contributed by atoms with Crippen LogP contribution < -0.4 is 10.2 Å². The minimum atomic E-state index is -0.835. The van der Waals surface area contributed by atoms with Gasteiger partial charge in [-0.15, -0.1) is 0 Å². The maximum atomic E-state index is 13.8. The molecule has 2 aromatic rings. The van der Waals surface area contributed by atoms with Crippen molar-refractivity contribution < 1.29 is 18.4 Å². The molecule has 1 saturated heterocycles. The molecule has 23 heavy (non-hydrogen) atoms. The monoisotopic (exact) mass is 320 g/mol. The van der Waals surface area contributed by atoms with Crippen LogP contribution >= 0.6 is 0 Å². The van der Waals surface area contributed by atoms with E-state index in [0.29, 0.717) is 6.42 Å². The highest BCUT2D eigenvalue weighted by Gasteiger charge is 2.35. The fourth-order valence-corrected chi connectivity index (χ4v) is 2.52. The second-order valence-corrected chi connectivity index (χ2v) is 5.27. The number of carbonyl (C=O) groups is 2. The molecule has 1 atom stereocenters. The molecule has 2 amide bonds. The summed E-state index contributed by atoms with van der Waals surface area (Å²) in [5.41, 5.74) is -0.0865. The number of aryl methyl sites for hydroxylation is 1. The Balaban J connectivity index is 1.74. The first kappa shape index (κ1) is 15.1. The maximum Gasteiger partial charge on any atom is 0.275 e. The van der Waals surface area contributed by atoms with E-state index in [4.69, 9.17) is 0 Å². The standard InChI is InChI=1S/C15H14F2N4O2/c1-8-12(17)13(20-19-8)14(22)18-10-6-7-21(15(10)23)11-5-3-2-4-9(11)16/h2-5,10H,6-7H2,1H3,(H,18,22)(H,19,20). The van der Waals surface area contributed by atoms with Gasteiger partial charge in [-0.2, -0.15) is 5.10 Å². The van der Waals surface area contributed by atoms with E-state index in [9.17, 15) is 18.4 Å². The van der Waals surface area contributed by atoms with Crippen LogP contribution in [0.2, 0.25) is 0 Å². The highest BCUT2D eigenvalue weighted by atomic mass is 19.1. The number of amides is 2. The fourth-order valence-electron chi connectivity index (χ4n) is 2.52. The van der Waals surface area contributed by atoms with Crippen molar-refractivity contribution in [3.8, 4) is 0 Å². The quantitative estimate of drug-likeness (QED) is 0.900. The third kappa shape index (κ3) is 2.67. The zero-order chi connectivity index (χ0) is 16.6. The smallest absolute Gasteiger partial charge is 0.275 e. The summed E-state index contributed by atoms with van der Waals surface area (Å²) in [5, 5.41) is 8.39. The largest absolute Gasteiger partial charge is 0.339 e. The summed E-state index contributed by atoms with van der Waals surface area (Å²) < 4.78 is 27.5. The van der Waals surface area contributed by atoms with Gasteiger partial charge >= 0.3 is 0 Å². The second-order valence-electron chi connectivity index (χ2n) is 5.27. The number of carbonyl (C=O) groups excluding carboxylic acids is 2. The first-order chi connectivity index (χ1) is 11.0. The van der Waals surface area contributed by atoms with E-state index in [1.165, 1.54) is 30.0 Å². The number of H-pyrrole nitrogens is 1. The van der Waals surface area contributed by atoms with Crippen molar-refractivity contribution in [3.63, 3.8) is 0 Å². The van der Waals surface area contributed by atoms with Crippen LogP contribution in [-0.4, -0.2) is 34.6 Å². The van der Waals surface area contributed by atoms with Crippen molar-refractivity contribution in [2.24, 2.45) is 0 Å². The normalized spacial score (nSPS) is 17.6. The molecule has 0 saturated carbocycles. The van der Waals surface area contributed by atoms with Crippen LogP contribution in [0.3, 0.4) is 0 Å². The lowest BCUT2D eigenvalue weighted by atomic mass is 10.2. The molecule has 0 bridgehead atoms. The number of nitrogens with zero attached hydrogens (tertiary/aromatic N) is 2. The van der Waals surface area contributed by atoms with Crippen LogP contribution in [0, 0.1) is 18.6 Å². The van der Waals surface area contributed by atoms with E-state index < -0.39 is 29.5 Å². The fraction of sp³-hybridized carbons (Fsp3) is 0.267. The van der Waals surface area contributed by atoms with Gasteiger partial charge < -0.3 is 10.2 Å². The summed E-state index contributed by atoms with van der Waals surface area (Å²) in [5.74, 6) is -2.47. The summed E-state index contributed by atoms with van der Waals surface area (Å²) in [6, 6.07) is 5.07. The molecule has 2 N–H and O–H groups in total. The summed E-state index contributed by atoms with van der Waals surface area (Å²) in [6.07, 6.45) is 0.309. The average Bonchev–Trinajstić information content (AvgIpc) is 3.04. The number of nitrogens with one attached hydrogen (secondary N) is 2. The lowest BCUT2D eigenvalue weighted by molar-refractivity contribution is -0.118. The average molecular weight is 320 g/mol. The Bertz CT molecular complexity index is 775. The number of aromatic amines is 1. The first-order valence-corrected chi connectivity index (χ1v) is 7.06. The second kappa shape index (κ2) is 5.79. The van der Waals surface area contributed by atoms with Gasteiger partial charge in [0.1, 0.15) is 11.9 Å². The van der Waals surface area contributed by atoms with Gasteiger partial charge in [-0.1, -0.05) is 12.1 Å². The van der Waals surface area contributed by atoms with Gasteiger partial charge in [0.15, 0.2) is 11.5 Å². The number of hydrogen-bond acceptors (Lipinski definition) is 3. The Hall–Kier alpha value is -2.77. The summed E-state index contributed by atoms with van der Waals surface area (Å²) in [4.78, 5) is 25.6. The van der Waals surface area contributed by atoms with Gasteiger partial charge in [0, 0.05) is 6.54 Å². The number of anilines is 1. The molecular formula is C15H14F2N4O2. The van der Waals surface area contributed by atoms with Crippen molar-refractivity contribution in [1.29, 1.82) is 0 Å². The molecule has 1 aliphatic rings. The first-order valence-electron chi connectivity index (χ1n) is 7.06. The molecule has 2 heterocycles. The van der Waals surface area contributed by atoms with Gasteiger partial charge in [-0.25, -0.2) is 8.78 Å². The van der Waals surface area contributed by atoms with Crippen LogP contribution in [0.25, 0.3) is 0 Å². The molecule has 1 unspecified atom stereocenters. The molecule has 0 radical (unpaired) electrons. The number of hydrogen-bond donors (Lipinski definition) is 2. The van der Waals surface area contributed by atoms with Crippen LogP contribution in [-0.2, 0) is 4.79 Å². The van der Waals surface area contributed by atoms with Gasteiger partial charge in [-0.05, 0) is 25.5 Å². The van der Waals surface area contributed by atoms with Gasteiger partial charge in [0.05, 0.1) is 11.4 Å². The molecule has 1 aliphatic heterocycles. The molecule has 0 aliphatic carbocycles. The topological polar surface area (TPSA) is 78.1 Å². The van der Waals surface area contributed by atoms with Crippen LogP contribution in [0.15, 0.2) is 24.3 Å². The van der Waals surface area contributed by atoms with E-state index >= 15 is 0 Å². The van der Waals surface area contributed by atoms with Crippen molar-refractivity contribution >= 4 is 17.5 Å². The van der Waals surface area contributed by atoms with Crippen molar-refractivity contribution in [2.45, 2.75) is 19.4 Å². The van der Waals surface area contributed by atoms with Gasteiger partial charge in [-0.3, -0.25) is 14.7 Å². The Labute approximate surface area is 130 Å². The molecular weight excluding hydrogens is 306 g/mol. The highest BCUT2D eigenvalue weighted by Crippen LogP contribution is 2.24. The van der Waals surface area contributed by atoms with Crippen molar-refractivity contribution in [2.75, 3.05) is 11.4 Å². The zero-order valence-electron chi connectivity index (χ0n) is 12.3. The minimum absolute atomic E-state index is 0.140. The molecule has 1 fully saturated rings. The van der Waals surface area contributed by atoms with E-state index in [0.717, 1.165) is 0 Å². The molecule has 1 aromatic carbocycles. The van der Waals surface area contributed by atoms with Crippen LogP contribution in [0.5, 0.6) is 0 Å². The highest BCUT2D eigenvalue weighted by molar-refractivity contribution is 6.03. The summed E-state index contributed by atoms with van der Waals surface area (Å²) in [7, 11) is 0. The third-order valence-electron chi connectivity index (χ3n) is 3.74. The van der Waals surface area contributed by atoms with Crippen LogP contribution in [0.1, 0.15) is 22.6 Å². The van der Waals surface area contributed by atoms with E-state index in [2.05, 4.69) is 15.5 Å². The number of aromatic nitrogens is 2. The zero-order valence-corrected chi connectivity index (χ0v) is 12.3. The van der Waals surface area contributed by atoms with Crippen molar-refractivity contribution in [1.82, 2.24) is 15.5 Å². The maximum absolute atomic E-state index is 13.8. The lowest BCUT2D eigenvalue weighted by Crippen LogP contribution is -2.42. The Morgan fingerprint density at radius 2 is 2.13 bits per heavy atom. The Morgan fingerprint density at radius 3 is 2.78 bits per heavy atom. The molecule has 8 heteroatoms. The number of rotatable bonds is 3. The summed E-state index contributed by atoms with van der Waals surface area (Å²) in [6.45, 7) is 1.71. The van der Waals surface area contributed by atoms with E-state index in [-0.39, 0.29) is 23.6 Å². The van der Waals surface area contributed by atoms with Gasteiger partial charge in [0.25, 0.3) is 5.91 Å². The van der Waals surface area contributed by atoms with Crippen LogP contribution in [0.4, 0.5) is 14.5 Å². The predicted molar refractivity (Wildman–Crippen MR) is 77.9 cm³/mol. The minimum Gasteiger partial charge on any atom is -0.339 e. The number of halogens is 2. The summed E-state index contributed by atoms with van der Waals surface area (Å²) >= 11 is 0. The van der Waals surface area contributed by atoms with Crippen molar-refractivity contribution in [3.05, 3.63) is 47.3 Å². The lowest BCUT2D eigenvalue weighted by Gasteiger charge is -2.17. The number of benzene rings is 1. The Kier molecular flexibility index (Phi) is 3.81. The third-order valence-corrected chi connectivity index (χ3v) is 3.74. The SMILES string of the molecule is Cc1[nH]nc(C(=O)NC2CCN(c3ccccc3F)C2=O)c1F. The molecule has 6 nitrogen and oxygen atoms in total. The van der Waals surface area contributed by atoms with E-state index in [1.807, 2.05) is 0 Å². The predicted octanol–water partition coefficient (Wildman–Crippen LogP) is 1.53. The van der Waals surface area contributed by atoms with E-state index in [1.54, 1.807) is 6.07 Å². The number of para-hydroxylation sites is 1.